The van der Waals surface area contributed by atoms with E-state index in [0.29, 0.717) is 133 Å². The molecule has 0 bridgehead atoms. The van der Waals surface area contributed by atoms with E-state index >= 15 is 13.2 Å². The molecule has 0 atom stereocenters. The highest BCUT2D eigenvalue weighted by molar-refractivity contribution is 6.14. The van der Waals surface area contributed by atoms with Gasteiger partial charge in [0.2, 0.25) is 0 Å². The van der Waals surface area contributed by atoms with Crippen molar-refractivity contribution < 1.29 is 13.2 Å². The summed E-state index contributed by atoms with van der Waals surface area (Å²) in [7, 11) is 0. The molecule has 420 valence electrons. The van der Waals surface area contributed by atoms with E-state index in [-0.39, 0.29) is 44.8 Å². The fourth-order valence-electron chi connectivity index (χ4n) is 12.4. The third-order valence-corrected chi connectivity index (χ3v) is 16.5. The number of rotatable bonds is 8. The molecule has 0 N–H and O–H groups in total. The number of hydrogen-bond donors (Lipinski definition) is 0. The number of alkyl halides is 3. The zero-order valence-electron chi connectivity index (χ0n) is 47.6. The second-order valence-corrected chi connectivity index (χ2v) is 21.5. The number of fused-ring (bicyclic) bond motifs is 6. The van der Waals surface area contributed by atoms with Crippen LogP contribution in [0.5, 0.6) is 0 Å². The minimum absolute atomic E-state index is 0.0801. The van der Waals surface area contributed by atoms with E-state index in [1.165, 1.54) is 30.3 Å². The van der Waals surface area contributed by atoms with Crippen LogP contribution in [0.2, 0.25) is 0 Å². The molecule has 13 aromatic rings. The van der Waals surface area contributed by atoms with E-state index in [4.69, 9.17) is 26.3 Å². The van der Waals surface area contributed by atoms with Crippen LogP contribution in [0.15, 0.2) is 200 Å². The lowest BCUT2D eigenvalue weighted by Gasteiger charge is -2.22. The summed E-state index contributed by atoms with van der Waals surface area (Å²) in [6.07, 6.45) is -4.81. The van der Waals surface area contributed by atoms with Crippen molar-refractivity contribution in [3.63, 3.8) is 0 Å². The van der Waals surface area contributed by atoms with Gasteiger partial charge in [-0.25, -0.2) is 19.4 Å². The van der Waals surface area contributed by atoms with Crippen molar-refractivity contribution in [2.45, 2.75) is 13.1 Å². The van der Waals surface area contributed by atoms with Gasteiger partial charge in [0.15, 0.2) is 22.7 Å². The van der Waals surface area contributed by atoms with E-state index in [0.717, 1.165) is 6.07 Å². The zero-order chi connectivity index (χ0) is 63.4. The lowest BCUT2D eigenvalue weighted by Crippen LogP contribution is -2.09. The summed E-state index contributed by atoms with van der Waals surface area (Å²) in [5, 5.41) is 54.5. The van der Waals surface area contributed by atoms with Crippen molar-refractivity contribution in [3.8, 4) is 108 Å². The number of nitriles is 5. The van der Waals surface area contributed by atoms with Crippen LogP contribution in [0.25, 0.3) is 141 Å². The van der Waals surface area contributed by atoms with E-state index in [1.54, 1.807) is 91.9 Å². The maximum absolute atomic E-state index is 15.7. The first-order valence-corrected chi connectivity index (χ1v) is 27.9. The molecule has 14 heteroatoms. The fourth-order valence-corrected chi connectivity index (χ4v) is 12.4. The van der Waals surface area contributed by atoms with Crippen LogP contribution < -0.4 is 0 Å². The van der Waals surface area contributed by atoms with Crippen molar-refractivity contribution in [1.29, 1.82) is 26.3 Å². The molecule has 13 rings (SSSR count). The highest BCUT2D eigenvalue weighted by Gasteiger charge is 2.35. The number of aryl methyl sites for hydroxylation is 1. The summed E-state index contributed by atoms with van der Waals surface area (Å²) >= 11 is 0. The predicted octanol–water partition coefficient (Wildman–Crippen LogP) is 20.8. The minimum atomic E-state index is -4.81. The molecule has 0 saturated heterocycles. The maximum Gasteiger partial charge on any atom is 0.417 e. The van der Waals surface area contributed by atoms with Crippen molar-refractivity contribution in [1.82, 2.24) is 9.13 Å². The van der Waals surface area contributed by atoms with Crippen LogP contribution in [0, 0.1) is 89.9 Å². The van der Waals surface area contributed by atoms with Crippen LogP contribution in [0.1, 0.15) is 38.9 Å². The van der Waals surface area contributed by atoms with Gasteiger partial charge < -0.3 is 9.13 Å². The highest BCUT2D eigenvalue weighted by Crippen LogP contribution is 2.49. The van der Waals surface area contributed by atoms with Crippen LogP contribution >= 0.6 is 0 Å². The Morgan fingerprint density at radius 2 is 0.813 bits per heavy atom. The third-order valence-electron chi connectivity index (χ3n) is 16.5. The molecule has 0 aliphatic carbocycles. The molecule has 0 unspecified atom stereocenters. The van der Waals surface area contributed by atoms with Crippen molar-refractivity contribution in [2.24, 2.45) is 0 Å². The van der Waals surface area contributed by atoms with Gasteiger partial charge in [0, 0.05) is 43.9 Å². The summed E-state index contributed by atoms with van der Waals surface area (Å²) in [5.41, 5.74) is 11.3. The Bertz CT molecular complexity index is 5530. The average molecular weight is 1170 g/mol. The quantitative estimate of drug-likeness (QED) is 0.139. The van der Waals surface area contributed by atoms with Gasteiger partial charge in [-0.2, -0.15) is 39.5 Å². The van der Waals surface area contributed by atoms with Gasteiger partial charge in [0.25, 0.3) is 0 Å². The average Bonchev–Trinajstić information content (AvgIpc) is 1.62. The highest BCUT2D eigenvalue weighted by atomic mass is 19.4. The second kappa shape index (κ2) is 22.3. The van der Waals surface area contributed by atoms with Gasteiger partial charge >= 0.3 is 6.18 Å². The molecule has 2 heterocycles. The largest absolute Gasteiger partial charge is 0.417 e. The molecule has 0 aliphatic heterocycles. The van der Waals surface area contributed by atoms with Gasteiger partial charge in [0.1, 0.15) is 0 Å². The van der Waals surface area contributed by atoms with Gasteiger partial charge in [-0.15, -0.1) is 0 Å². The zero-order valence-corrected chi connectivity index (χ0v) is 47.6. The summed E-state index contributed by atoms with van der Waals surface area (Å²) in [5.74, 6) is 0. The number of halogens is 3. The second-order valence-electron chi connectivity index (χ2n) is 21.5. The first-order chi connectivity index (χ1) is 44.2. The Hall–Kier alpha value is -13.8. The molecule has 0 amide bonds. The molecule has 0 aliphatic rings. The lowest BCUT2D eigenvalue weighted by molar-refractivity contribution is -0.137. The Balaban J connectivity index is 1.12. The SMILES string of the molecule is [C-]#[N+]c1ccc(-c2ccc3c(c2)c2cc(-c4ccc([N+]#[C-])cc4[N+]#[C-])ccc2n3-c2ccc(-c3c(C)cccc3C(F)(F)F)c(-c3cc(C#N)ccc3-n3c4ccc(-c5ccc(C#N)cc5C#N)cc4c4cc(-c5ccc([N+]#[C-])cc5C#N)ccc43)c2)c(C#N)c1. The number of hydrogen-bond acceptors (Lipinski definition) is 5. The molecule has 2 aromatic heterocycles. The molecule has 0 saturated carbocycles. The topological polar surface area (TPSA) is 146 Å². The molecule has 0 radical (unpaired) electrons. The molecule has 0 fully saturated rings. The van der Waals surface area contributed by atoms with E-state index in [2.05, 4.69) is 49.7 Å². The summed E-state index contributed by atoms with van der Waals surface area (Å²) < 4.78 is 51.0. The van der Waals surface area contributed by atoms with Crippen molar-refractivity contribution in [2.75, 3.05) is 0 Å². The summed E-state index contributed by atoms with van der Waals surface area (Å²) in [4.78, 5) is 14.4. The lowest BCUT2D eigenvalue weighted by atomic mass is 9.87. The molecular weight excluding hydrogens is 1140 g/mol. The van der Waals surface area contributed by atoms with Gasteiger partial charge in [-0.1, -0.05) is 91.0 Å². The van der Waals surface area contributed by atoms with E-state index < -0.39 is 11.7 Å². The van der Waals surface area contributed by atoms with Crippen LogP contribution in [0.4, 0.5) is 35.9 Å². The summed E-state index contributed by atoms with van der Waals surface area (Å²) in [6, 6.07) is 67.9. The maximum atomic E-state index is 15.7. The standard InChI is InChI=1S/C77H36F3N11/c1-44-7-6-8-69(77(78,79)80)76(44)62-23-18-57(90-71-25-11-48(59-20-15-54(86-2)31-52(59)42-84)33-65(71)66-36-50(14-26-72(66)90)61-22-17-56(88-4)37-70(61)89-5)38-63(62)64-30-46(40-82)10-24-73(64)91-74-27-12-47(58-19-9-45(39-81)29-51(58)41-83)34-67(74)68-35-49(13-28-75(68)91)60-21-16-55(87-3)32-53(60)43-85/h6-38H,1H3. The molecule has 0 spiro atoms. The van der Waals surface area contributed by atoms with Gasteiger partial charge in [-0.05, 0) is 183 Å². The van der Waals surface area contributed by atoms with E-state index in [9.17, 15) is 26.3 Å². The smallest absolute Gasteiger partial charge is 0.309 e. The minimum Gasteiger partial charge on any atom is -0.309 e. The Kier molecular flexibility index (Phi) is 13.8. The Labute approximate surface area is 518 Å². The molecule has 91 heavy (non-hydrogen) atoms. The number of aromatic nitrogens is 2. The molecule has 11 aromatic carbocycles. The molecule has 11 nitrogen and oxygen atoms in total. The normalized spacial score (nSPS) is 11.0. The monoisotopic (exact) mass is 1170 g/mol. The van der Waals surface area contributed by atoms with Gasteiger partial charge in [0.05, 0.1) is 107 Å². The van der Waals surface area contributed by atoms with Crippen LogP contribution in [-0.2, 0) is 6.18 Å². The van der Waals surface area contributed by atoms with Crippen molar-refractivity contribution >= 4 is 66.4 Å². The summed E-state index contributed by atoms with van der Waals surface area (Å²) in [6.45, 7) is 32.6. The number of nitrogens with zero attached hydrogens (tertiary/aromatic N) is 11. The first kappa shape index (κ1) is 56.4. The predicted molar refractivity (Wildman–Crippen MR) is 346 cm³/mol. The van der Waals surface area contributed by atoms with Crippen molar-refractivity contribution in [3.05, 3.63) is 285 Å². The fraction of sp³-hybridized carbons (Fsp3) is 0.0260. The van der Waals surface area contributed by atoms with Crippen LogP contribution in [0.3, 0.4) is 0 Å². The van der Waals surface area contributed by atoms with Crippen LogP contribution in [-0.4, -0.2) is 9.13 Å². The Morgan fingerprint density at radius 3 is 1.30 bits per heavy atom. The third kappa shape index (κ3) is 9.50. The van der Waals surface area contributed by atoms with E-state index in [1.807, 2.05) is 88.0 Å². The first-order valence-electron chi connectivity index (χ1n) is 27.9. The molecular formula is C77H36F3N11. The van der Waals surface area contributed by atoms with Gasteiger partial charge in [-0.3, -0.25) is 0 Å². The Morgan fingerprint density at radius 1 is 0.374 bits per heavy atom. The number of benzene rings is 11.